The number of benzene rings is 2. The molecule has 0 amide bonds. The summed E-state index contributed by atoms with van der Waals surface area (Å²) in [4.78, 5) is 26.1. The third-order valence-electron chi connectivity index (χ3n) is 5.37. The number of likely N-dealkylation sites (N-methyl/N-ethyl adjacent to an activating group) is 1. The Balaban J connectivity index is 1.93. The van der Waals surface area contributed by atoms with Crippen molar-refractivity contribution in [2.75, 3.05) is 19.7 Å². The highest BCUT2D eigenvalue weighted by molar-refractivity contribution is 14.1. The predicted molar refractivity (Wildman–Crippen MR) is 137 cm³/mol. The smallest absolute Gasteiger partial charge is 0.313 e. The molecule has 2 aromatic carbocycles. The van der Waals surface area contributed by atoms with E-state index in [0.29, 0.717) is 34.5 Å². The molecule has 0 radical (unpaired) electrons. The van der Waals surface area contributed by atoms with Crippen LogP contribution in [0.5, 0.6) is 5.75 Å². The van der Waals surface area contributed by atoms with Crippen LogP contribution in [0.25, 0.3) is 11.0 Å². The topological polar surface area (TPSA) is 77.8 Å². The highest BCUT2D eigenvalue weighted by Crippen LogP contribution is 2.32. The first-order valence-electron chi connectivity index (χ1n) is 11.2. The van der Waals surface area contributed by atoms with E-state index < -0.39 is 5.97 Å². The Morgan fingerprint density at radius 2 is 1.94 bits per heavy atom. The van der Waals surface area contributed by atoms with E-state index in [4.69, 9.17) is 13.9 Å². The summed E-state index contributed by atoms with van der Waals surface area (Å²) in [5.41, 5.74) is 2.39. The Morgan fingerprint density at radius 1 is 1.18 bits per heavy atom. The number of hydrogen-bond acceptors (Lipinski definition) is 6. The molecule has 176 valence electrons. The second kappa shape index (κ2) is 11.7. The average molecular weight is 563 g/mol. The van der Waals surface area contributed by atoms with Crippen LogP contribution in [-0.2, 0) is 16.0 Å². The van der Waals surface area contributed by atoms with E-state index in [0.717, 1.165) is 34.4 Å². The van der Waals surface area contributed by atoms with Crippen molar-refractivity contribution in [1.29, 1.82) is 0 Å². The van der Waals surface area contributed by atoms with E-state index in [2.05, 4.69) is 27.9 Å². The van der Waals surface area contributed by atoms with Gasteiger partial charge in [0.1, 0.15) is 30.1 Å². The predicted octanol–water partition coefficient (Wildman–Crippen LogP) is 5.45. The summed E-state index contributed by atoms with van der Waals surface area (Å²) in [5, 5.41) is 3.92. The van der Waals surface area contributed by atoms with Gasteiger partial charge in [0.25, 0.3) is 0 Å². The molecule has 0 aliphatic rings. The van der Waals surface area contributed by atoms with Crippen LogP contribution in [0.15, 0.2) is 40.8 Å². The highest BCUT2D eigenvalue weighted by Gasteiger charge is 2.25. The van der Waals surface area contributed by atoms with Crippen LogP contribution in [0.2, 0.25) is 0 Å². The van der Waals surface area contributed by atoms with Gasteiger partial charge in [-0.1, -0.05) is 32.0 Å². The van der Waals surface area contributed by atoms with Gasteiger partial charge in [-0.05, 0) is 73.2 Å². The lowest BCUT2D eigenvalue weighted by Crippen LogP contribution is -2.20. The summed E-state index contributed by atoms with van der Waals surface area (Å²) in [7, 11) is 0. The number of ketones is 1. The molecule has 0 saturated carbocycles. The van der Waals surface area contributed by atoms with Gasteiger partial charge in [-0.25, -0.2) is 0 Å². The molecule has 1 N–H and O–H groups in total. The molecule has 0 aliphatic heterocycles. The molecule has 0 unspecified atom stereocenters. The monoisotopic (exact) mass is 563 g/mol. The summed E-state index contributed by atoms with van der Waals surface area (Å²) >= 11 is 2.19. The molecule has 7 heteroatoms. The van der Waals surface area contributed by atoms with Gasteiger partial charge in [-0.15, -0.1) is 0 Å². The van der Waals surface area contributed by atoms with Crippen molar-refractivity contribution in [2.45, 2.75) is 46.6 Å². The number of rotatable bonds is 11. The Bertz CT molecular complexity index is 1110. The molecule has 33 heavy (non-hydrogen) atoms. The van der Waals surface area contributed by atoms with Crippen molar-refractivity contribution >= 4 is 45.3 Å². The summed E-state index contributed by atoms with van der Waals surface area (Å²) in [5.74, 6) is 0.506. The van der Waals surface area contributed by atoms with E-state index in [-0.39, 0.29) is 18.3 Å². The average Bonchev–Trinajstić information content (AvgIpc) is 3.14. The van der Waals surface area contributed by atoms with Gasteiger partial charge in [0.05, 0.1) is 15.2 Å². The molecule has 0 aliphatic carbocycles. The van der Waals surface area contributed by atoms with E-state index in [1.54, 1.807) is 6.07 Å². The maximum absolute atomic E-state index is 13.7. The van der Waals surface area contributed by atoms with Gasteiger partial charge >= 0.3 is 5.97 Å². The number of nitrogens with one attached hydrogen (secondary N) is 1. The number of fused-ring (bicyclic) bond motifs is 1. The summed E-state index contributed by atoms with van der Waals surface area (Å²) in [6.45, 7) is 9.96. The molecule has 0 saturated heterocycles. The van der Waals surface area contributed by atoms with Crippen LogP contribution in [0.4, 0.5) is 0 Å². The Morgan fingerprint density at radius 3 is 2.64 bits per heavy atom. The number of halogens is 1. The largest absolute Gasteiger partial charge is 0.491 e. The van der Waals surface area contributed by atoms with Gasteiger partial charge in [-0.3, -0.25) is 9.59 Å². The minimum atomic E-state index is -0.410. The first kappa shape index (κ1) is 25.2. The van der Waals surface area contributed by atoms with Crippen molar-refractivity contribution in [1.82, 2.24) is 5.32 Å². The second-order valence-electron chi connectivity index (χ2n) is 7.92. The number of esters is 1. The van der Waals surface area contributed by atoms with Crippen molar-refractivity contribution in [3.63, 3.8) is 0 Å². The number of aryl methyl sites for hydroxylation is 1. The molecule has 3 rings (SSSR count). The van der Waals surface area contributed by atoms with Gasteiger partial charge in [-0.2, -0.15) is 0 Å². The number of para-hydroxylation sites is 1. The molecular weight excluding hydrogens is 533 g/mol. The summed E-state index contributed by atoms with van der Waals surface area (Å²) in [6, 6.07) is 11.0. The highest BCUT2D eigenvalue weighted by atomic mass is 127. The van der Waals surface area contributed by atoms with E-state index in [1.807, 2.05) is 58.0 Å². The third kappa shape index (κ3) is 6.14. The minimum absolute atomic E-state index is 0.0954. The van der Waals surface area contributed by atoms with Crippen LogP contribution >= 0.6 is 22.6 Å². The standard InChI is InChI=1S/C26H30INO5/c1-5-17(4)32-23(29)15-22-24(19-9-7-8-10-21(19)33-22)25(30)18-13-16(3)26(20(27)14-18)31-12-11-28-6-2/h7-10,13-14,17,28H,5-6,11-12,15H2,1-4H3/t17-/m1/s1. The molecule has 1 atom stereocenters. The lowest BCUT2D eigenvalue weighted by molar-refractivity contribution is -0.147. The molecule has 0 bridgehead atoms. The van der Waals surface area contributed by atoms with E-state index in [9.17, 15) is 9.59 Å². The van der Waals surface area contributed by atoms with E-state index in [1.165, 1.54) is 0 Å². The van der Waals surface area contributed by atoms with Gasteiger partial charge in [0.2, 0.25) is 0 Å². The van der Waals surface area contributed by atoms with Crippen LogP contribution in [-0.4, -0.2) is 37.6 Å². The van der Waals surface area contributed by atoms with Crippen molar-refractivity contribution in [3.8, 4) is 5.75 Å². The molecule has 3 aromatic rings. The molecule has 1 heterocycles. The maximum Gasteiger partial charge on any atom is 0.313 e. The minimum Gasteiger partial charge on any atom is -0.491 e. The fourth-order valence-corrected chi connectivity index (χ4v) is 4.46. The van der Waals surface area contributed by atoms with Crippen LogP contribution in [0, 0.1) is 10.5 Å². The van der Waals surface area contributed by atoms with Crippen molar-refractivity contribution < 1.29 is 23.5 Å². The number of carbonyl (C=O) groups is 2. The van der Waals surface area contributed by atoms with E-state index >= 15 is 0 Å². The van der Waals surface area contributed by atoms with Gasteiger partial charge < -0.3 is 19.2 Å². The SMILES string of the molecule is CCNCCOc1c(C)cc(C(=O)c2c(CC(=O)O[C@H](C)CC)oc3ccccc23)cc1I. The lowest BCUT2D eigenvalue weighted by Gasteiger charge is -2.13. The fourth-order valence-electron chi connectivity index (χ4n) is 3.54. The lowest BCUT2D eigenvalue weighted by atomic mass is 9.97. The van der Waals surface area contributed by atoms with Crippen LogP contribution < -0.4 is 10.1 Å². The molecule has 1 aromatic heterocycles. The zero-order chi connectivity index (χ0) is 24.0. The number of carbonyl (C=O) groups excluding carboxylic acids is 2. The Hall–Kier alpha value is -2.39. The maximum atomic E-state index is 13.7. The molecule has 6 nitrogen and oxygen atoms in total. The van der Waals surface area contributed by atoms with Crippen LogP contribution in [0.3, 0.4) is 0 Å². The normalized spacial score (nSPS) is 12.0. The first-order valence-corrected chi connectivity index (χ1v) is 12.3. The number of ether oxygens (including phenoxy) is 2. The van der Waals surface area contributed by atoms with Crippen LogP contribution in [0.1, 0.15) is 54.4 Å². The molecular formula is C26H30INO5. The Kier molecular flexibility index (Phi) is 8.91. The zero-order valence-corrected chi connectivity index (χ0v) is 21.7. The third-order valence-corrected chi connectivity index (χ3v) is 6.18. The molecule has 0 spiro atoms. The zero-order valence-electron chi connectivity index (χ0n) is 19.5. The van der Waals surface area contributed by atoms with Crippen molar-refractivity contribution in [2.24, 2.45) is 0 Å². The summed E-state index contributed by atoms with van der Waals surface area (Å²) < 4.78 is 18.1. The van der Waals surface area contributed by atoms with Gasteiger partial charge in [0.15, 0.2) is 5.78 Å². The fraction of sp³-hybridized carbons (Fsp3) is 0.385. The second-order valence-corrected chi connectivity index (χ2v) is 9.08. The first-order chi connectivity index (χ1) is 15.8. The number of hydrogen-bond donors (Lipinski definition) is 1. The number of furan rings is 1. The van der Waals surface area contributed by atoms with Gasteiger partial charge in [0, 0.05) is 17.5 Å². The Labute approximate surface area is 208 Å². The summed E-state index contributed by atoms with van der Waals surface area (Å²) in [6.07, 6.45) is 0.436. The molecule has 0 fully saturated rings. The quantitative estimate of drug-likeness (QED) is 0.145. The van der Waals surface area contributed by atoms with Crippen molar-refractivity contribution in [3.05, 3.63) is 62.4 Å².